The molecule has 0 spiro atoms. The quantitative estimate of drug-likeness (QED) is 0.739. The van der Waals surface area contributed by atoms with Crippen molar-refractivity contribution in [1.82, 2.24) is 4.90 Å². The fourth-order valence-corrected chi connectivity index (χ4v) is 4.03. The number of benzene rings is 2. The summed E-state index contributed by atoms with van der Waals surface area (Å²) in [7, 11) is 0. The Labute approximate surface area is 182 Å². The van der Waals surface area contributed by atoms with Crippen molar-refractivity contribution >= 4 is 11.6 Å². The molecule has 4 rings (SSSR count). The number of aliphatic hydroxyl groups excluding tert-OH is 1. The number of nitrogens with one attached hydrogen (secondary N) is 1. The van der Waals surface area contributed by atoms with E-state index in [9.17, 15) is 9.90 Å². The van der Waals surface area contributed by atoms with Crippen LogP contribution in [0.4, 0.5) is 5.69 Å². The number of rotatable bonds is 6. The van der Waals surface area contributed by atoms with E-state index in [0.29, 0.717) is 0 Å². The molecule has 1 amide bonds. The van der Waals surface area contributed by atoms with Gasteiger partial charge in [-0.2, -0.15) is 0 Å². The average Bonchev–Trinajstić information content (AvgIpc) is 2.80. The number of nitrogens with zero attached hydrogens (tertiary/aromatic N) is 1. The summed E-state index contributed by atoms with van der Waals surface area (Å²) >= 11 is 0. The van der Waals surface area contributed by atoms with E-state index >= 15 is 0 Å². The first kappa shape index (κ1) is 21.9. The van der Waals surface area contributed by atoms with Gasteiger partial charge in [0.05, 0.1) is 32.0 Å². The topological polar surface area (TPSA) is 80.3 Å². The van der Waals surface area contributed by atoms with Crippen LogP contribution in [0.5, 0.6) is 0 Å². The van der Waals surface area contributed by atoms with E-state index in [2.05, 4.69) is 10.2 Å². The molecule has 31 heavy (non-hydrogen) atoms. The summed E-state index contributed by atoms with van der Waals surface area (Å²) in [5.74, 6) is -0.102. The number of carbonyl (C=O) groups excluding carboxylic acids is 1. The molecule has 7 nitrogen and oxygen atoms in total. The molecule has 7 heteroatoms. The highest BCUT2D eigenvalue weighted by atomic mass is 16.7. The molecule has 3 atom stereocenters. The fraction of sp³-hybridized carbons (Fsp3) is 0.458. The lowest BCUT2D eigenvalue weighted by atomic mass is 9.99. The maximum atomic E-state index is 11.3. The lowest BCUT2D eigenvalue weighted by Crippen LogP contribution is -2.44. The number of amides is 1. The van der Waals surface area contributed by atoms with Crippen LogP contribution in [0.1, 0.15) is 42.4 Å². The van der Waals surface area contributed by atoms with Crippen molar-refractivity contribution in [3.8, 4) is 0 Å². The van der Waals surface area contributed by atoms with Crippen molar-refractivity contribution in [2.45, 2.75) is 38.4 Å². The molecule has 2 heterocycles. The van der Waals surface area contributed by atoms with Crippen molar-refractivity contribution in [3.63, 3.8) is 0 Å². The lowest BCUT2D eigenvalue weighted by molar-refractivity contribution is -0.253. The zero-order chi connectivity index (χ0) is 21.6. The van der Waals surface area contributed by atoms with E-state index in [0.717, 1.165) is 61.6 Å². The molecule has 0 radical (unpaired) electrons. The minimum atomic E-state index is -0.492. The van der Waals surface area contributed by atoms with Gasteiger partial charge < -0.3 is 24.6 Å². The van der Waals surface area contributed by atoms with Gasteiger partial charge in [-0.1, -0.05) is 36.4 Å². The Kier molecular flexibility index (Phi) is 7.32. The van der Waals surface area contributed by atoms with Crippen molar-refractivity contribution in [1.29, 1.82) is 0 Å². The van der Waals surface area contributed by atoms with Crippen LogP contribution < -0.4 is 5.32 Å². The highest BCUT2D eigenvalue weighted by Gasteiger charge is 2.33. The van der Waals surface area contributed by atoms with E-state index in [1.165, 1.54) is 6.92 Å². The molecule has 2 fully saturated rings. The Morgan fingerprint density at radius 3 is 2.35 bits per heavy atom. The second-order valence-corrected chi connectivity index (χ2v) is 8.07. The number of hydrogen-bond acceptors (Lipinski definition) is 6. The molecule has 0 aliphatic carbocycles. The number of ether oxygens (including phenoxy) is 3. The molecule has 2 aromatic carbocycles. The number of aliphatic hydroxyl groups is 1. The van der Waals surface area contributed by atoms with Crippen molar-refractivity contribution in [2.75, 3.05) is 38.2 Å². The molecular weight excluding hydrogens is 396 g/mol. The summed E-state index contributed by atoms with van der Waals surface area (Å²) in [5.41, 5.74) is 3.61. The normalized spacial score (nSPS) is 24.6. The predicted molar refractivity (Wildman–Crippen MR) is 116 cm³/mol. The average molecular weight is 427 g/mol. The summed E-state index contributed by atoms with van der Waals surface area (Å²) in [4.78, 5) is 13.7. The first-order chi connectivity index (χ1) is 15.1. The largest absolute Gasteiger partial charge is 0.392 e. The van der Waals surface area contributed by atoms with E-state index < -0.39 is 6.29 Å². The van der Waals surface area contributed by atoms with Crippen molar-refractivity contribution in [3.05, 3.63) is 65.2 Å². The van der Waals surface area contributed by atoms with E-state index in [-0.39, 0.29) is 24.7 Å². The monoisotopic (exact) mass is 426 g/mol. The second-order valence-electron chi connectivity index (χ2n) is 8.07. The minimum absolute atomic E-state index is 0.0226. The van der Waals surface area contributed by atoms with Gasteiger partial charge in [-0.3, -0.25) is 9.69 Å². The maximum Gasteiger partial charge on any atom is 0.221 e. The maximum absolute atomic E-state index is 11.3. The van der Waals surface area contributed by atoms with Gasteiger partial charge in [0.15, 0.2) is 6.29 Å². The number of anilines is 1. The molecule has 0 saturated carbocycles. The molecule has 0 unspecified atom stereocenters. The first-order valence-electron chi connectivity index (χ1n) is 10.8. The number of morpholine rings is 1. The molecule has 2 N–H and O–H groups in total. The Morgan fingerprint density at radius 1 is 1.03 bits per heavy atom. The van der Waals surface area contributed by atoms with Crippen LogP contribution in [-0.2, 0) is 25.6 Å². The van der Waals surface area contributed by atoms with Gasteiger partial charge in [0.1, 0.15) is 0 Å². The van der Waals surface area contributed by atoms with Gasteiger partial charge in [-0.15, -0.1) is 0 Å². The van der Waals surface area contributed by atoms with Crippen LogP contribution in [0.15, 0.2) is 48.5 Å². The Morgan fingerprint density at radius 2 is 1.71 bits per heavy atom. The summed E-state index contributed by atoms with van der Waals surface area (Å²) in [6.45, 7) is 5.67. The lowest BCUT2D eigenvalue weighted by Gasteiger charge is -2.39. The Balaban J connectivity index is 1.52. The van der Waals surface area contributed by atoms with Crippen LogP contribution in [0.2, 0.25) is 0 Å². The fourth-order valence-electron chi connectivity index (χ4n) is 4.03. The molecule has 2 aliphatic rings. The van der Waals surface area contributed by atoms with Crippen molar-refractivity contribution < 1.29 is 24.1 Å². The highest BCUT2D eigenvalue weighted by Crippen LogP contribution is 2.38. The molecule has 2 aromatic rings. The third kappa shape index (κ3) is 5.90. The van der Waals surface area contributed by atoms with Crippen LogP contribution in [0.25, 0.3) is 0 Å². The number of hydrogen-bond donors (Lipinski definition) is 2. The summed E-state index contributed by atoms with van der Waals surface area (Å²) in [5, 5.41) is 12.1. The molecule has 0 bridgehead atoms. The minimum Gasteiger partial charge on any atom is -0.392 e. The molecule has 0 aromatic heterocycles. The summed E-state index contributed by atoms with van der Waals surface area (Å²) in [6.07, 6.45) is 0.187. The molecular formula is C24H30N2O5. The van der Waals surface area contributed by atoms with Gasteiger partial charge in [-0.05, 0) is 23.3 Å². The number of carbonyl (C=O) groups is 1. The van der Waals surface area contributed by atoms with Crippen LogP contribution >= 0.6 is 0 Å². The zero-order valence-electron chi connectivity index (χ0n) is 17.8. The van der Waals surface area contributed by atoms with E-state index in [4.69, 9.17) is 14.2 Å². The van der Waals surface area contributed by atoms with Gasteiger partial charge in [0.2, 0.25) is 5.91 Å². The van der Waals surface area contributed by atoms with E-state index in [1.807, 2.05) is 48.5 Å². The SMILES string of the molecule is CC(=O)Nc1ccc([C@@H]2O[C@H](CN3CCOCC3)C[C@H](c3ccc(CO)cc3)O2)cc1. The van der Waals surface area contributed by atoms with Crippen LogP contribution in [0, 0.1) is 0 Å². The highest BCUT2D eigenvalue weighted by molar-refractivity contribution is 5.88. The van der Waals surface area contributed by atoms with Gasteiger partial charge >= 0.3 is 0 Å². The molecule has 2 aliphatic heterocycles. The molecule has 2 saturated heterocycles. The Hall–Kier alpha value is -2.29. The second kappa shape index (κ2) is 10.3. The summed E-state index contributed by atoms with van der Waals surface area (Å²) < 4.78 is 18.2. The van der Waals surface area contributed by atoms with Crippen molar-refractivity contribution in [2.24, 2.45) is 0 Å². The zero-order valence-corrected chi connectivity index (χ0v) is 17.8. The standard InChI is InChI=1S/C24H30N2O5/c1-17(28)25-21-8-6-20(7-9-21)24-30-22(15-26-10-12-29-13-11-26)14-23(31-24)19-4-2-18(16-27)3-5-19/h2-9,22-24,27H,10-16H2,1H3,(H,25,28)/t22-,23+,24+/m0/s1. The first-order valence-corrected chi connectivity index (χ1v) is 10.8. The summed E-state index contributed by atoms with van der Waals surface area (Å²) in [6, 6.07) is 15.5. The predicted octanol–water partition coefficient (Wildman–Crippen LogP) is 3.01. The Bertz CT molecular complexity index is 849. The van der Waals surface area contributed by atoms with Gasteiger partial charge in [0, 0.05) is 44.2 Å². The molecule has 166 valence electrons. The smallest absolute Gasteiger partial charge is 0.221 e. The van der Waals surface area contributed by atoms with Crippen LogP contribution in [0.3, 0.4) is 0 Å². The van der Waals surface area contributed by atoms with Crippen LogP contribution in [-0.4, -0.2) is 54.9 Å². The van der Waals surface area contributed by atoms with E-state index in [1.54, 1.807) is 0 Å². The third-order valence-electron chi connectivity index (χ3n) is 5.68. The van der Waals surface area contributed by atoms with Gasteiger partial charge in [-0.25, -0.2) is 0 Å². The third-order valence-corrected chi connectivity index (χ3v) is 5.68. The van der Waals surface area contributed by atoms with Gasteiger partial charge in [0.25, 0.3) is 0 Å².